The summed E-state index contributed by atoms with van der Waals surface area (Å²) in [6, 6.07) is 7.64. The minimum absolute atomic E-state index is 0.0676. The Morgan fingerprint density at radius 3 is 2.88 bits per heavy atom. The molecule has 3 aromatic rings. The Balaban J connectivity index is 1.62. The molecule has 0 aliphatic heterocycles. The van der Waals surface area contributed by atoms with E-state index in [1.54, 1.807) is 24.3 Å². The van der Waals surface area contributed by atoms with E-state index in [4.69, 9.17) is 4.52 Å². The first-order chi connectivity index (χ1) is 12.1. The summed E-state index contributed by atoms with van der Waals surface area (Å²) in [6.07, 6.45) is 5.33. The highest BCUT2D eigenvalue weighted by Crippen LogP contribution is 2.28. The Hall–Kier alpha value is -2.54. The number of imidazole rings is 1. The van der Waals surface area contributed by atoms with Crippen LogP contribution in [0.2, 0.25) is 0 Å². The number of nitrogens with zero attached hydrogens (tertiary/aromatic N) is 3. The molecule has 0 bridgehead atoms. The molecule has 7 heteroatoms. The van der Waals surface area contributed by atoms with Gasteiger partial charge in [-0.1, -0.05) is 17.3 Å². The zero-order valence-electron chi connectivity index (χ0n) is 14.2. The van der Waals surface area contributed by atoms with Gasteiger partial charge < -0.3 is 14.4 Å². The van der Waals surface area contributed by atoms with Gasteiger partial charge in [-0.2, -0.15) is 0 Å². The van der Waals surface area contributed by atoms with E-state index in [1.165, 1.54) is 0 Å². The maximum absolute atomic E-state index is 12.5. The Morgan fingerprint density at radius 2 is 2.16 bits per heavy atom. The van der Waals surface area contributed by atoms with Crippen molar-refractivity contribution in [3.05, 3.63) is 65.6 Å². The number of hydrogen-bond acceptors (Lipinski definition) is 5. The van der Waals surface area contributed by atoms with E-state index in [1.807, 2.05) is 48.9 Å². The van der Waals surface area contributed by atoms with Crippen LogP contribution in [0.5, 0.6) is 0 Å². The van der Waals surface area contributed by atoms with Crippen LogP contribution in [0.1, 0.15) is 27.4 Å². The van der Waals surface area contributed by atoms with E-state index in [9.17, 15) is 4.79 Å². The quantitative estimate of drug-likeness (QED) is 0.658. The number of hydrogen-bond donors (Lipinski definition) is 1. The summed E-state index contributed by atoms with van der Waals surface area (Å²) in [5, 5.41) is 6.94. The van der Waals surface area contributed by atoms with E-state index < -0.39 is 0 Å². The molecule has 0 fully saturated rings. The van der Waals surface area contributed by atoms with Crippen LogP contribution in [0.3, 0.4) is 0 Å². The summed E-state index contributed by atoms with van der Waals surface area (Å²) >= 11 is 1.62. The standard InChI is InChI=1S/C18H20N4O2S/c1-13-16(14(2)24-21-13)11-25-17-6-4-3-5-15(17)18(23)20-8-10-22-9-7-19-12-22/h3-7,9,12H,8,10-11H2,1-2H3,(H,20,23). The van der Waals surface area contributed by atoms with Gasteiger partial charge in [0.25, 0.3) is 5.91 Å². The number of carbonyl (C=O) groups is 1. The maximum atomic E-state index is 12.5. The minimum Gasteiger partial charge on any atom is -0.361 e. The van der Waals surface area contributed by atoms with Crippen molar-refractivity contribution in [1.82, 2.24) is 20.0 Å². The third-order valence-corrected chi connectivity index (χ3v) is 5.00. The highest BCUT2D eigenvalue weighted by atomic mass is 32.2. The van der Waals surface area contributed by atoms with Crippen molar-refractivity contribution in [3.63, 3.8) is 0 Å². The fourth-order valence-corrected chi connectivity index (χ4v) is 3.65. The van der Waals surface area contributed by atoms with E-state index in [2.05, 4.69) is 15.5 Å². The summed E-state index contributed by atoms with van der Waals surface area (Å²) in [7, 11) is 0. The van der Waals surface area contributed by atoms with Crippen LogP contribution in [0.4, 0.5) is 0 Å². The second kappa shape index (κ2) is 8.02. The number of carbonyl (C=O) groups excluding carboxylic acids is 1. The summed E-state index contributed by atoms with van der Waals surface area (Å²) in [6.45, 7) is 5.09. The average molecular weight is 356 g/mol. The van der Waals surface area contributed by atoms with Gasteiger partial charge in [-0.25, -0.2) is 4.98 Å². The number of aromatic nitrogens is 3. The third-order valence-electron chi connectivity index (χ3n) is 3.90. The summed E-state index contributed by atoms with van der Waals surface area (Å²) in [5.74, 6) is 1.48. The predicted molar refractivity (Wildman–Crippen MR) is 96.5 cm³/mol. The topological polar surface area (TPSA) is 73.0 Å². The van der Waals surface area contributed by atoms with Crippen molar-refractivity contribution in [2.75, 3.05) is 6.54 Å². The lowest BCUT2D eigenvalue weighted by Gasteiger charge is -2.10. The fraction of sp³-hybridized carbons (Fsp3) is 0.278. The van der Waals surface area contributed by atoms with Crippen LogP contribution in [-0.2, 0) is 12.3 Å². The van der Waals surface area contributed by atoms with Crippen LogP contribution in [0.15, 0.2) is 52.4 Å². The van der Waals surface area contributed by atoms with Crippen molar-refractivity contribution < 1.29 is 9.32 Å². The van der Waals surface area contributed by atoms with Crippen LogP contribution < -0.4 is 5.32 Å². The van der Waals surface area contributed by atoms with E-state index >= 15 is 0 Å². The van der Waals surface area contributed by atoms with Gasteiger partial charge in [0, 0.05) is 41.7 Å². The molecular weight excluding hydrogens is 336 g/mol. The molecule has 2 heterocycles. The van der Waals surface area contributed by atoms with E-state index in [-0.39, 0.29) is 5.91 Å². The van der Waals surface area contributed by atoms with Gasteiger partial charge in [-0.15, -0.1) is 11.8 Å². The second-order valence-electron chi connectivity index (χ2n) is 5.64. The lowest BCUT2D eigenvalue weighted by atomic mass is 10.2. The van der Waals surface area contributed by atoms with Gasteiger partial charge in [-0.05, 0) is 26.0 Å². The SMILES string of the molecule is Cc1noc(C)c1CSc1ccccc1C(=O)NCCn1ccnc1. The molecular formula is C18H20N4O2S. The van der Waals surface area contributed by atoms with Crippen molar-refractivity contribution in [3.8, 4) is 0 Å². The summed E-state index contributed by atoms with van der Waals surface area (Å²) in [5.41, 5.74) is 2.66. The first-order valence-electron chi connectivity index (χ1n) is 8.02. The molecule has 0 spiro atoms. The number of rotatable bonds is 7. The largest absolute Gasteiger partial charge is 0.361 e. The van der Waals surface area contributed by atoms with Crippen LogP contribution in [0.25, 0.3) is 0 Å². The molecule has 25 heavy (non-hydrogen) atoms. The van der Waals surface area contributed by atoms with Crippen molar-refractivity contribution in [2.24, 2.45) is 0 Å². The zero-order valence-corrected chi connectivity index (χ0v) is 15.0. The second-order valence-corrected chi connectivity index (χ2v) is 6.66. The summed E-state index contributed by atoms with van der Waals surface area (Å²) < 4.78 is 7.13. The third kappa shape index (κ3) is 4.30. The molecule has 0 unspecified atom stereocenters. The van der Waals surface area contributed by atoms with Gasteiger partial charge in [0.05, 0.1) is 17.6 Å². The lowest BCUT2D eigenvalue weighted by molar-refractivity contribution is 0.0949. The fourth-order valence-electron chi connectivity index (χ4n) is 2.45. The molecule has 130 valence electrons. The molecule has 1 N–H and O–H groups in total. The molecule has 1 amide bonds. The maximum Gasteiger partial charge on any atom is 0.252 e. The highest BCUT2D eigenvalue weighted by Gasteiger charge is 2.14. The Labute approximate surface area is 150 Å². The smallest absolute Gasteiger partial charge is 0.252 e. The molecule has 6 nitrogen and oxygen atoms in total. The average Bonchev–Trinajstić information content (AvgIpc) is 3.24. The first-order valence-corrected chi connectivity index (χ1v) is 9.01. The number of thioether (sulfide) groups is 1. The molecule has 0 saturated heterocycles. The van der Waals surface area contributed by atoms with Gasteiger partial charge >= 0.3 is 0 Å². The number of amides is 1. The molecule has 2 aromatic heterocycles. The molecule has 3 rings (SSSR count). The molecule has 0 radical (unpaired) electrons. The zero-order chi connectivity index (χ0) is 17.6. The van der Waals surface area contributed by atoms with Gasteiger partial charge in [0.2, 0.25) is 0 Å². The predicted octanol–water partition coefficient (Wildman–Crippen LogP) is 3.21. The van der Waals surface area contributed by atoms with Crippen LogP contribution in [0, 0.1) is 13.8 Å². The van der Waals surface area contributed by atoms with Crippen molar-refractivity contribution >= 4 is 17.7 Å². The molecule has 0 aliphatic rings. The van der Waals surface area contributed by atoms with Gasteiger partial charge in [-0.3, -0.25) is 4.79 Å². The van der Waals surface area contributed by atoms with Gasteiger partial charge in [0.1, 0.15) is 5.76 Å². The first kappa shape index (κ1) is 17.3. The number of benzene rings is 1. The lowest BCUT2D eigenvalue weighted by Crippen LogP contribution is -2.27. The monoisotopic (exact) mass is 356 g/mol. The normalized spacial score (nSPS) is 10.8. The van der Waals surface area contributed by atoms with Crippen LogP contribution in [-0.4, -0.2) is 27.2 Å². The Morgan fingerprint density at radius 1 is 1.32 bits per heavy atom. The van der Waals surface area contributed by atoms with Crippen molar-refractivity contribution in [1.29, 1.82) is 0 Å². The minimum atomic E-state index is -0.0676. The summed E-state index contributed by atoms with van der Waals surface area (Å²) in [4.78, 5) is 17.4. The van der Waals surface area contributed by atoms with Crippen LogP contribution >= 0.6 is 11.8 Å². The Kier molecular flexibility index (Phi) is 5.55. The highest BCUT2D eigenvalue weighted by molar-refractivity contribution is 7.98. The Bertz CT molecular complexity index is 823. The molecule has 0 aliphatic carbocycles. The number of aryl methyl sites for hydroxylation is 2. The van der Waals surface area contributed by atoms with Gasteiger partial charge in [0.15, 0.2) is 0 Å². The van der Waals surface area contributed by atoms with E-state index in [0.717, 1.165) is 27.7 Å². The van der Waals surface area contributed by atoms with E-state index in [0.29, 0.717) is 18.7 Å². The number of nitrogens with one attached hydrogen (secondary N) is 1. The molecule has 0 atom stereocenters. The van der Waals surface area contributed by atoms with Crippen molar-refractivity contribution in [2.45, 2.75) is 31.0 Å². The molecule has 0 saturated carbocycles. The molecule has 1 aromatic carbocycles.